The van der Waals surface area contributed by atoms with E-state index in [4.69, 9.17) is 4.74 Å². The van der Waals surface area contributed by atoms with Gasteiger partial charge in [0.25, 0.3) is 0 Å². The highest BCUT2D eigenvalue weighted by Gasteiger charge is 2.20. The maximum atomic E-state index is 5.32. The Morgan fingerprint density at radius 2 is 2.05 bits per heavy atom. The highest BCUT2D eigenvalue weighted by Crippen LogP contribution is 2.27. The summed E-state index contributed by atoms with van der Waals surface area (Å²) in [6.45, 7) is 8.84. The van der Waals surface area contributed by atoms with E-state index >= 15 is 0 Å². The predicted octanol–water partition coefficient (Wildman–Crippen LogP) is 4.13. The van der Waals surface area contributed by atoms with Crippen molar-refractivity contribution in [3.05, 3.63) is 28.2 Å². The van der Waals surface area contributed by atoms with Crippen molar-refractivity contribution in [1.29, 1.82) is 0 Å². The van der Waals surface area contributed by atoms with Gasteiger partial charge in [-0.3, -0.25) is 0 Å². The number of likely N-dealkylation sites (tertiary alicyclic amines) is 1. The highest BCUT2D eigenvalue weighted by molar-refractivity contribution is 9.10. The van der Waals surface area contributed by atoms with Gasteiger partial charge in [0.2, 0.25) is 0 Å². The van der Waals surface area contributed by atoms with Gasteiger partial charge < -0.3 is 15.0 Å². The molecule has 1 saturated heterocycles. The standard InChI is InChI=1S/C17H27BrN2O/c1-13(2)11-20-9-7-14(8-10-20)19-17-6-4-5-16(18)15(17)12-21-3/h4-6,13-14,19H,7-12H2,1-3H3. The van der Waals surface area contributed by atoms with Gasteiger partial charge in [-0.05, 0) is 30.9 Å². The van der Waals surface area contributed by atoms with Crippen LogP contribution in [0.5, 0.6) is 0 Å². The molecule has 2 rings (SSSR count). The molecule has 1 aromatic rings. The first kappa shape index (κ1) is 16.8. The van der Waals surface area contributed by atoms with Crippen molar-refractivity contribution < 1.29 is 4.74 Å². The monoisotopic (exact) mass is 354 g/mol. The van der Waals surface area contributed by atoms with Crippen molar-refractivity contribution in [3.8, 4) is 0 Å². The van der Waals surface area contributed by atoms with E-state index in [1.165, 1.54) is 43.7 Å². The van der Waals surface area contributed by atoms with E-state index in [-0.39, 0.29) is 0 Å². The van der Waals surface area contributed by atoms with Gasteiger partial charge in [-0.25, -0.2) is 0 Å². The molecule has 0 amide bonds. The van der Waals surface area contributed by atoms with Crippen LogP contribution in [0.4, 0.5) is 5.69 Å². The number of hydrogen-bond acceptors (Lipinski definition) is 3. The van der Waals surface area contributed by atoms with Crippen LogP contribution in [0.2, 0.25) is 0 Å². The van der Waals surface area contributed by atoms with E-state index in [1.807, 2.05) is 0 Å². The Hall–Kier alpha value is -0.580. The number of methoxy groups -OCH3 is 1. The summed E-state index contributed by atoms with van der Waals surface area (Å²) in [6, 6.07) is 6.88. The number of nitrogens with one attached hydrogen (secondary N) is 1. The summed E-state index contributed by atoms with van der Waals surface area (Å²) < 4.78 is 6.44. The van der Waals surface area contributed by atoms with E-state index in [9.17, 15) is 0 Å². The van der Waals surface area contributed by atoms with Gasteiger partial charge >= 0.3 is 0 Å². The molecule has 1 aliphatic heterocycles. The van der Waals surface area contributed by atoms with Crippen molar-refractivity contribution in [3.63, 3.8) is 0 Å². The Morgan fingerprint density at radius 3 is 2.67 bits per heavy atom. The molecule has 4 heteroatoms. The van der Waals surface area contributed by atoms with Crippen molar-refractivity contribution >= 4 is 21.6 Å². The number of hydrogen-bond donors (Lipinski definition) is 1. The van der Waals surface area contributed by atoms with Gasteiger partial charge in [0, 0.05) is 48.5 Å². The van der Waals surface area contributed by atoms with Gasteiger partial charge in [-0.2, -0.15) is 0 Å². The van der Waals surface area contributed by atoms with Gasteiger partial charge in [0.15, 0.2) is 0 Å². The highest BCUT2D eigenvalue weighted by atomic mass is 79.9. The second-order valence-electron chi connectivity index (χ2n) is 6.31. The van der Waals surface area contributed by atoms with Crippen LogP contribution in [0.3, 0.4) is 0 Å². The Balaban J connectivity index is 1.93. The fourth-order valence-electron chi connectivity index (χ4n) is 2.98. The molecule has 1 aliphatic rings. The third-order valence-electron chi connectivity index (χ3n) is 3.98. The number of rotatable bonds is 6. The van der Waals surface area contributed by atoms with E-state index in [1.54, 1.807) is 7.11 Å². The third kappa shape index (κ3) is 4.97. The number of halogens is 1. The SMILES string of the molecule is COCc1c(Br)cccc1NC1CCN(CC(C)C)CC1. The second-order valence-corrected chi connectivity index (χ2v) is 7.17. The minimum atomic E-state index is 0.568. The van der Waals surface area contributed by atoms with Gasteiger partial charge in [-0.15, -0.1) is 0 Å². The maximum absolute atomic E-state index is 5.32. The van der Waals surface area contributed by atoms with Crippen LogP contribution >= 0.6 is 15.9 Å². The Bertz CT molecular complexity index is 442. The Kier molecular flexibility index (Phi) is 6.52. The summed E-state index contributed by atoms with van der Waals surface area (Å²) >= 11 is 3.62. The smallest absolute Gasteiger partial charge is 0.0744 e. The molecule has 118 valence electrons. The summed E-state index contributed by atoms with van der Waals surface area (Å²) in [4.78, 5) is 2.58. The number of nitrogens with zero attached hydrogens (tertiary/aromatic N) is 1. The molecule has 1 aromatic carbocycles. The molecular weight excluding hydrogens is 328 g/mol. The molecule has 0 unspecified atom stereocenters. The lowest BCUT2D eigenvalue weighted by Crippen LogP contribution is -2.40. The summed E-state index contributed by atoms with van der Waals surface area (Å²) in [7, 11) is 1.74. The van der Waals surface area contributed by atoms with Crippen LogP contribution < -0.4 is 5.32 Å². The third-order valence-corrected chi connectivity index (χ3v) is 4.72. The zero-order valence-electron chi connectivity index (χ0n) is 13.4. The molecule has 0 aliphatic carbocycles. The average molecular weight is 355 g/mol. The molecule has 0 bridgehead atoms. The molecule has 0 aromatic heterocycles. The summed E-state index contributed by atoms with van der Waals surface area (Å²) in [5.41, 5.74) is 2.41. The number of benzene rings is 1. The number of piperidine rings is 1. The fourth-order valence-corrected chi connectivity index (χ4v) is 3.46. The second kappa shape index (κ2) is 8.16. The zero-order valence-corrected chi connectivity index (χ0v) is 14.9. The molecule has 1 heterocycles. The first-order chi connectivity index (χ1) is 10.1. The zero-order chi connectivity index (χ0) is 15.2. The van der Waals surface area contributed by atoms with Crippen LogP contribution in [0.1, 0.15) is 32.3 Å². The van der Waals surface area contributed by atoms with E-state index < -0.39 is 0 Å². The quantitative estimate of drug-likeness (QED) is 0.831. The van der Waals surface area contributed by atoms with E-state index in [2.05, 4.69) is 58.2 Å². The number of anilines is 1. The fraction of sp³-hybridized carbons (Fsp3) is 0.647. The molecule has 0 spiro atoms. The molecule has 0 saturated carbocycles. The van der Waals surface area contributed by atoms with Crippen molar-refractivity contribution in [2.75, 3.05) is 32.1 Å². The average Bonchev–Trinajstić information content (AvgIpc) is 2.44. The van der Waals surface area contributed by atoms with Crippen molar-refractivity contribution in [2.45, 2.75) is 39.3 Å². The molecule has 1 N–H and O–H groups in total. The molecular formula is C17H27BrN2O. The summed E-state index contributed by atoms with van der Waals surface area (Å²) in [5.74, 6) is 0.757. The lowest BCUT2D eigenvalue weighted by molar-refractivity contribution is 0.184. The van der Waals surface area contributed by atoms with E-state index in [0.29, 0.717) is 12.6 Å². The normalized spacial score (nSPS) is 17.4. The molecule has 3 nitrogen and oxygen atoms in total. The van der Waals surface area contributed by atoms with Crippen LogP contribution in [0.15, 0.2) is 22.7 Å². The molecule has 21 heavy (non-hydrogen) atoms. The van der Waals surface area contributed by atoms with Crippen molar-refractivity contribution in [2.24, 2.45) is 5.92 Å². The minimum absolute atomic E-state index is 0.568. The molecule has 0 atom stereocenters. The molecule has 1 fully saturated rings. The van der Waals surface area contributed by atoms with Crippen LogP contribution in [-0.2, 0) is 11.3 Å². The minimum Gasteiger partial charge on any atom is -0.382 e. The summed E-state index contributed by atoms with van der Waals surface area (Å²) in [6.07, 6.45) is 2.43. The van der Waals surface area contributed by atoms with Crippen LogP contribution in [0, 0.1) is 5.92 Å². The van der Waals surface area contributed by atoms with Crippen LogP contribution in [0.25, 0.3) is 0 Å². The lowest BCUT2D eigenvalue weighted by Gasteiger charge is -2.34. The Labute approximate surface area is 137 Å². The number of ether oxygens (including phenoxy) is 1. The van der Waals surface area contributed by atoms with Crippen LogP contribution in [-0.4, -0.2) is 37.7 Å². The largest absolute Gasteiger partial charge is 0.382 e. The van der Waals surface area contributed by atoms with Gasteiger partial charge in [0.1, 0.15) is 0 Å². The first-order valence-corrected chi connectivity index (χ1v) is 8.64. The lowest BCUT2D eigenvalue weighted by atomic mass is 10.0. The molecule has 0 radical (unpaired) electrons. The van der Waals surface area contributed by atoms with Gasteiger partial charge in [0.05, 0.1) is 6.61 Å². The van der Waals surface area contributed by atoms with Gasteiger partial charge in [-0.1, -0.05) is 35.8 Å². The Morgan fingerprint density at radius 1 is 1.33 bits per heavy atom. The predicted molar refractivity (Wildman–Crippen MR) is 92.8 cm³/mol. The first-order valence-electron chi connectivity index (χ1n) is 7.85. The topological polar surface area (TPSA) is 24.5 Å². The van der Waals surface area contributed by atoms with E-state index in [0.717, 1.165) is 10.4 Å². The van der Waals surface area contributed by atoms with Crippen molar-refractivity contribution in [1.82, 2.24) is 4.90 Å². The maximum Gasteiger partial charge on any atom is 0.0744 e. The summed E-state index contributed by atoms with van der Waals surface area (Å²) in [5, 5.41) is 3.71.